The second kappa shape index (κ2) is 7.85. The second-order valence-electron chi connectivity index (χ2n) is 8.89. The van der Waals surface area contributed by atoms with E-state index < -0.39 is 30.0 Å². The molecule has 0 saturated heterocycles. The molecule has 4 rings (SSSR count). The molecule has 2 N–H and O–H groups in total. The summed E-state index contributed by atoms with van der Waals surface area (Å²) in [7, 11) is 1.46. The van der Waals surface area contributed by atoms with E-state index in [4.69, 9.17) is 21.1 Å². The fourth-order valence-corrected chi connectivity index (χ4v) is 4.67. The summed E-state index contributed by atoms with van der Waals surface area (Å²) in [6.45, 7) is 3.78. The van der Waals surface area contributed by atoms with Gasteiger partial charge in [-0.2, -0.15) is 13.2 Å². The van der Waals surface area contributed by atoms with Crippen molar-refractivity contribution in [1.29, 1.82) is 0 Å². The van der Waals surface area contributed by atoms with Crippen LogP contribution in [0.4, 0.5) is 13.2 Å². The first kappa shape index (κ1) is 22.7. The first-order chi connectivity index (χ1) is 14.9. The van der Waals surface area contributed by atoms with Crippen LogP contribution in [0.15, 0.2) is 30.3 Å². The SMILES string of the molecule is COc1ccc2[nH]c(CC(O)(CC(C)(C)c3cc(Cl)cc4c3OCC4)C(F)(F)F)cc2n1. The Morgan fingerprint density at radius 2 is 1.97 bits per heavy atom. The molecule has 3 heterocycles. The summed E-state index contributed by atoms with van der Waals surface area (Å²) in [5, 5.41) is 11.4. The van der Waals surface area contributed by atoms with E-state index in [0.717, 1.165) is 5.56 Å². The van der Waals surface area contributed by atoms with E-state index in [1.807, 2.05) is 0 Å². The first-order valence-corrected chi connectivity index (χ1v) is 10.6. The van der Waals surface area contributed by atoms with E-state index in [2.05, 4.69) is 9.97 Å². The number of benzene rings is 1. The number of aromatic nitrogens is 2. The minimum absolute atomic E-state index is 0.226. The topological polar surface area (TPSA) is 67.4 Å². The second-order valence-corrected chi connectivity index (χ2v) is 9.32. The molecule has 172 valence electrons. The Labute approximate surface area is 188 Å². The van der Waals surface area contributed by atoms with Crippen LogP contribution >= 0.6 is 11.6 Å². The predicted molar refractivity (Wildman–Crippen MR) is 116 cm³/mol. The van der Waals surface area contributed by atoms with Crippen molar-refractivity contribution in [2.24, 2.45) is 0 Å². The Hall–Kier alpha value is -2.45. The molecule has 32 heavy (non-hydrogen) atoms. The molecule has 0 fully saturated rings. The van der Waals surface area contributed by atoms with Crippen LogP contribution in [-0.2, 0) is 18.3 Å². The number of aliphatic hydroxyl groups is 1. The molecule has 1 unspecified atom stereocenters. The van der Waals surface area contributed by atoms with Gasteiger partial charge in [0, 0.05) is 35.2 Å². The molecular weight excluding hydrogens is 445 g/mol. The summed E-state index contributed by atoms with van der Waals surface area (Å²) in [6.07, 6.45) is -5.45. The van der Waals surface area contributed by atoms with Crippen LogP contribution in [0.2, 0.25) is 5.02 Å². The number of H-pyrrole nitrogens is 1. The molecule has 0 saturated carbocycles. The Balaban J connectivity index is 1.70. The van der Waals surface area contributed by atoms with Crippen LogP contribution < -0.4 is 9.47 Å². The maximum absolute atomic E-state index is 14.2. The van der Waals surface area contributed by atoms with Crippen LogP contribution in [0.25, 0.3) is 11.0 Å². The third kappa shape index (κ3) is 4.13. The quantitative estimate of drug-likeness (QED) is 0.511. The monoisotopic (exact) mass is 468 g/mol. The van der Waals surface area contributed by atoms with Gasteiger partial charge in [0.25, 0.3) is 0 Å². The fourth-order valence-electron chi connectivity index (χ4n) is 4.43. The molecule has 3 aromatic rings. The van der Waals surface area contributed by atoms with Gasteiger partial charge in [-0.25, -0.2) is 4.98 Å². The number of nitrogens with one attached hydrogen (secondary N) is 1. The van der Waals surface area contributed by atoms with E-state index in [0.29, 0.717) is 46.3 Å². The zero-order chi connectivity index (χ0) is 23.3. The van der Waals surface area contributed by atoms with Crippen molar-refractivity contribution in [3.8, 4) is 11.6 Å². The molecule has 1 aliphatic rings. The number of nitrogens with zero attached hydrogens (tertiary/aromatic N) is 1. The van der Waals surface area contributed by atoms with Crippen molar-refractivity contribution in [2.45, 2.75) is 50.3 Å². The molecule has 0 bridgehead atoms. The van der Waals surface area contributed by atoms with Gasteiger partial charge in [-0.1, -0.05) is 25.4 Å². The lowest BCUT2D eigenvalue weighted by Crippen LogP contribution is -2.51. The lowest BCUT2D eigenvalue weighted by atomic mass is 9.73. The molecule has 1 atom stereocenters. The number of rotatable bonds is 6. The maximum atomic E-state index is 14.2. The summed E-state index contributed by atoms with van der Waals surface area (Å²) in [5.41, 5.74) is -1.39. The lowest BCUT2D eigenvalue weighted by molar-refractivity contribution is -0.266. The number of pyridine rings is 1. The van der Waals surface area contributed by atoms with Gasteiger partial charge < -0.3 is 19.6 Å². The number of hydrogen-bond acceptors (Lipinski definition) is 4. The molecule has 5 nitrogen and oxygen atoms in total. The molecule has 0 amide bonds. The van der Waals surface area contributed by atoms with E-state index in [9.17, 15) is 18.3 Å². The predicted octanol–water partition coefficient (Wildman–Crippen LogP) is 5.36. The number of hydrogen-bond donors (Lipinski definition) is 2. The van der Waals surface area contributed by atoms with Crippen LogP contribution in [0.5, 0.6) is 11.6 Å². The number of methoxy groups -OCH3 is 1. The highest BCUT2D eigenvalue weighted by molar-refractivity contribution is 6.30. The smallest absolute Gasteiger partial charge is 0.417 e. The Morgan fingerprint density at radius 1 is 1.22 bits per heavy atom. The van der Waals surface area contributed by atoms with E-state index in [1.165, 1.54) is 13.2 Å². The molecular formula is C23H24ClF3N2O3. The summed E-state index contributed by atoms with van der Waals surface area (Å²) in [4.78, 5) is 7.16. The van der Waals surface area contributed by atoms with Crippen molar-refractivity contribution in [3.63, 3.8) is 0 Å². The van der Waals surface area contributed by atoms with Crippen molar-refractivity contribution in [2.75, 3.05) is 13.7 Å². The van der Waals surface area contributed by atoms with E-state index in [1.54, 1.807) is 38.1 Å². The van der Waals surface area contributed by atoms with Crippen LogP contribution in [0.3, 0.4) is 0 Å². The average molecular weight is 469 g/mol. The number of aromatic amines is 1. The van der Waals surface area contributed by atoms with Gasteiger partial charge in [0.15, 0.2) is 5.60 Å². The summed E-state index contributed by atoms with van der Waals surface area (Å²) >= 11 is 6.23. The normalized spacial score (nSPS) is 16.0. The highest BCUT2D eigenvalue weighted by atomic mass is 35.5. The minimum atomic E-state index is -4.87. The highest BCUT2D eigenvalue weighted by Gasteiger charge is 2.56. The van der Waals surface area contributed by atoms with Gasteiger partial charge in [-0.15, -0.1) is 0 Å². The van der Waals surface area contributed by atoms with Crippen LogP contribution in [0, 0.1) is 0 Å². The largest absolute Gasteiger partial charge is 0.493 e. The number of ether oxygens (including phenoxy) is 2. The Morgan fingerprint density at radius 3 is 2.66 bits per heavy atom. The summed E-state index contributed by atoms with van der Waals surface area (Å²) in [5.74, 6) is 0.913. The number of fused-ring (bicyclic) bond motifs is 2. The highest BCUT2D eigenvalue weighted by Crippen LogP contribution is 2.47. The van der Waals surface area contributed by atoms with Gasteiger partial charge >= 0.3 is 6.18 Å². The molecule has 1 aliphatic heterocycles. The zero-order valence-corrected chi connectivity index (χ0v) is 18.7. The fraction of sp³-hybridized carbons (Fsp3) is 0.435. The molecule has 2 aromatic heterocycles. The van der Waals surface area contributed by atoms with Gasteiger partial charge in [0.1, 0.15) is 5.75 Å². The van der Waals surface area contributed by atoms with Crippen LogP contribution in [0.1, 0.15) is 37.1 Å². The van der Waals surface area contributed by atoms with Gasteiger partial charge in [0.2, 0.25) is 5.88 Å². The van der Waals surface area contributed by atoms with Crippen molar-refractivity contribution < 1.29 is 27.8 Å². The zero-order valence-electron chi connectivity index (χ0n) is 17.9. The van der Waals surface area contributed by atoms with Crippen molar-refractivity contribution in [1.82, 2.24) is 9.97 Å². The first-order valence-electron chi connectivity index (χ1n) is 10.2. The molecule has 1 aromatic carbocycles. The molecule has 0 radical (unpaired) electrons. The lowest BCUT2D eigenvalue weighted by Gasteiger charge is -2.38. The maximum Gasteiger partial charge on any atom is 0.417 e. The molecule has 0 aliphatic carbocycles. The standard InChI is InChI=1S/C23H24ClF3N2O3/c1-21(2,16-9-14(24)8-13-6-7-32-20(13)16)12-22(30,23(25,26)27)11-15-10-18-17(28-15)4-5-19(29-18)31-3/h4-5,8-10,28,30H,6-7,11-12H2,1-3H3. The third-order valence-electron chi connectivity index (χ3n) is 5.94. The number of halogens is 4. The minimum Gasteiger partial charge on any atom is -0.493 e. The Kier molecular flexibility index (Phi) is 5.57. The van der Waals surface area contributed by atoms with E-state index >= 15 is 0 Å². The average Bonchev–Trinajstić information content (AvgIpc) is 3.30. The Bertz CT molecular complexity index is 1160. The molecule has 9 heteroatoms. The molecule has 0 spiro atoms. The van der Waals surface area contributed by atoms with Gasteiger partial charge in [0.05, 0.1) is 24.8 Å². The third-order valence-corrected chi connectivity index (χ3v) is 6.16. The van der Waals surface area contributed by atoms with Crippen molar-refractivity contribution in [3.05, 3.63) is 52.2 Å². The van der Waals surface area contributed by atoms with Crippen LogP contribution in [-0.4, -0.2) is 40.6 Å². The van der Waals surface area contributed by atoms with Gasteiger partial charge in [-0.05, 0) is 41.7 Å². The number of alkyl halides is 3. The summed E-state index contributed by atoms with van der Waals surface area (Å²) < 4.78 is 53.4. The van der Waals surface area contributed by atoms with Gasteiger partial charge in [-0.3, -0.25) is 0 Å². The summed E-state index contributed by atoms with van der Waals surface area (Å²) in [6, 6.07) is 8.18. The van der Waals surface area contributed by atoms with E-state index in [-0.39, 0.29) is 5.69 Å². The van der Waals surface area contributed by atoms with Crippen molar-refractivity contribution >= 4 is 22.6 Å².